The van der Waals surface area contributed by atoms with Crippen molar-refractivity contribution in [3.63, 3.8) is 0 Å². The fourth-order valence-electron chi connectivity index (χ4n) is 2.68. The van der Waals surface area contributed by atoms with Gasteiger partial charge in [-0.05, 0) is 48.3 Å². The Morgan fingerprint density at radius 1 is 0.867 bits per heavy atom. The van der Waals surface area contributed by atoms with E-state index in [-0.39, 0.29) is 18.3 Å². The Kier molecular flexibility index (Phi) is 7.18. The third-order valence-electron chi connectivity index (χ3n) is 4.04. The van der Waals surface area contributed by atoms with E-state index >= 15 is 0 Å². The first-order valence-electron chi connectivity index (χ1n) is 9.20. The molecule has 0 heterocycles. The molecule has 8 heteroatoms. The van der Waals surface area contributed by atoms with Gasteiger partial charge in [0.2, 0.25) is 0 Å². The van der Waals surface area contributed by atoms with Crippen LogP contribution in [0.5, 0.6) is 11.5 Å². The maximum atomic E-state index is 12.0. The molecule has 3 rings (SSSR count). The number of rotatable bonds is 6. The van der Waals surface area contributed by atoms with E-state index in [1.54, 1.807) is 12.1 Å². The highest BCUT2D eigenvalue weighted by Crippen LogP contribution is 2.24. The number of benzene rings is 3. The van der Waals surface area contributed by atoms with Gasteiger partial charge in [-0.2, -0.15) is 0 Å². The zero-order chi connectivity index (χ0) is 21.3. The lowest BCUT2D eigenvalue weighted by Crippen LogP contribution is -2.50. The molecule has 0 aliphatic carbocycles. The minimum atomic E-state index is -0.449. The molecule has 0 radical (unpaired) electrons. The molecule has 0 aliphatic rings. The maximum Gasteiger partial charge on any atom is 0.276 e. The van der Waals surface area contributed by atoms with E-state index in [2.05, 4.69) is 16.2 Å². The average molecular weight is 423 g/mol. The summed E-state index contributed by atoms with van der Waals surface area (Å²) in [5, 5.41) is 4.30. The number of hydrogen-bond donors (Lipinski definition) is 3. The molecular weight excluding hydrogens is 402 g/mol. The standard InChI is InChI=1S/C22H21N3O4S/c1-15-6-4-9-17(12-15)28-13-20(26)23-22(30)25-24-21(27)14-29-19-11-5-8-16-7-2-3-10-18(16)19/h2-12H,13-14H2,1H3,(H,24,27)(H2,23,25,26,30). The molecule has 0 bridgehead atoms. The van der Waals surface area contributed by atoms with Crippen molar-refractivity contribution in [2.45, 2.75) is 6.92 Å². The van der Waals surface area contributed by atoms with Crippen LogP contribution in [0.4, 0.5) is 0 Å². The topological polar surface area (TPSA) is 88.7 Å². The largest absolute Gasteiger partial charge is 0.484 e. The smallest absolute Gasteiger partial charge is 0.276 e. The van der Waals surface area contributed by atoms with E-state index in [1.807, 2.05) is 61.5 Å². The first-order chi connectivity index (χ1) is 14.5. The molecule has 0 saturated heterocycles. The van der Waals surface area contributed by atoms with Gasteiger partial charge < -0.3 is 9.47 Å². The molecule has 0 atom stereocenters. The Bertz CT molecular complexity index is 1070. The summed E-state index contributed by atoms with van der Waals surface area (Å²) in [5.74, 6) is 0.293. The molecule has 0 aliphatic heterocycles. The van der Waals surface area contributed by atoms with Crippen molar-refractivity contribution in [1.82, 2.24) is 16.2 Å². The van der Waals surface area contributed by atoms with Gasteiger partial charge in [0.05, 0.1) is 0 Å². The van der Waals surface area contributed by atoms with Crippen LogP contribution in [0.15, 0.2) is 66.7 Å². The molecule has 30 heavy (non-hydrogen) atoms. The van der Waals surface area contributed by atoms with Gasteiger partial charge >= 0.3 is 0 Å². The number of ether oxygens (including phenoxy) is 2. The predicted molar refractivity (Wildman–Crippen MR) is 118 cm³/mol. The number of hydrazine groups is 1. The van der Waals surface area contributed by atoms with Crippen LogP contribution in [0.3, 0.4) is 0 Å². The van der Waals surface area contributed by atoms with Crippen LogP contribution in [0.1, 0.15) is 5.56 Å². The number of thiocarbonyl (C=S) groups is 1. The molecule has 0 aromatic heterocycles. The van der Waals surface area contributed by atoms with Crippen molar-refractivity contribution in [1.29, 1.82) is 0 Å². The number of carbonyl (C=O) groups excluding carboxylic acids is 2. The molecule has 3 aromatic rings. The highest BCUT2D eigenvalue weighted by molar-refractivity contribution is 7.80. The molecule has 0 fully saturated rings. The van der Waals surface area contributed by atoms with Gasteiger partial charge in [-0.1, -0.05) is 48.5 Å². The Hall–Kier alpha value is -3.65. The van der Waals surface area contributed by atoms with Gasteiger partial charge in [-0.3, -0.25) is 25.8 Å². The fourth-order valence-corrected chi connectivity index (χ4v) is 2.84. The predicted octanol–water partition coefficient (Wildman–Crippen LogP) is 2.63. The summed E-state index contributed by atoms with van der Waals surface area (Å²) in [7, 11) is 0. The molecule has 154 valence electrons. The van der Waals surface area contributed by atoms with Crippen LogP contribution in [-0.4, -0.2) is 30.1 Å². The zero-order valence-corrected chi connectivity index (χ0v) is 17.1. The second-order valence-corrected chi connectivity index (χ2v) is 6.83. The number of hydrogen-bond acceptors (Lipinski definition) is 5. The first kappa shape index (κ1) is 21.1. The number of carbonyl (C=O) groups is 2. The van der Waals surface area contributed by atoms with E-state index in [9.17, 15) is 9.59 Å². The molecular formula is C22H21N3O4S. The van der Waals surface area contributed by atoms with Gasteiger partial charge in [0.25, 0.3) is 11.8 Å². The highest BCUT2D eigenvalue weighted by Gasteiger charge is 2.09. The number of fused-ring (bicyclic) bond motifs is 1. The maximum absolute atomic E-state index is 12.0. The van der Waals surface area contributed by atoms with Crippen molar-refractivity contribution < 1.29 is 19.1 Å². The van der Waals surface area contributed by atoms with Crippen molar-refractivity contribution >= 4 is 39.9 Å². The number of aryl methyl sites for hydroxylation is 1. The summed E-state index contributed by atoms with van der Waals surface area (Å²) in [6.07, 6.45) is 0. The molecule has 0 unspecified atom stereocenters. The number of nitrogens with one attached hydrogen (secondary N) is 3. The van der Waals surface area contributed by atoms with Gasteiger partial charge in [-0.25, -0.2) is 0 Å². The lowest BCUT2D eigenvalue weighted by molar-refractivity contribution is -0.124. The lowest BCUT2D eigenvalue weighted by Gasteiger charge is -2.12. The van der Waals surface area contributed by atoms with E-state index in [4.69, 9.17) is 21.7 Å². The van der Waals surface area contributed by atoms with Gasteiger partial charge in [0.15, 0.2) is 18.3 Å². The average Bonchev–Trinajstić information content (AvgIpc) is 2.75. The molecule has 0 spiro atoms. The Morgan fingerprint density at radius 2 is 1.60 bits per heavy atom. The molecule has 3 N–H and O–H groups in total. The summed E-state index contributed by atoms with van der Waals surface area (Å²) in [6.45, 7) is 1.51. The summed E-state index contributed by atoms with van der Waals surface area (Å²) >= 11 is 4.99. The molecule has 0 saturated carbocycles. The fraction of sp³-hybridized carbons (Fsp3) is 0.136. The second-order valence-electron chi connectivity index (χ2n) is 6.42. The molecule has 3 aromatic carbocycles. The Labute approximate surface area is 179 Å². The van der Waals surface area contributed by atoms with Crippen LogP contribution < -0.4 is 25.6 Å². The van der Waals surface area contributed by atoms with Crippen LogP contribution in [0.2, 0.25) is 0 Å². The van der Waals surface area contributed by atoms with Crippen molar-refractivity contribution in [3.05, 3.63) is 72.3 Å². The normalized spacial score (nSPS) is 10.2. The third kappa shape index (κ3) is 6.18. The molecule has 7 nitrogen and oxygen atoms in total. The second kappa shape index (κ2) is 10.2. The number of amides is 2. The van der Waals surface area contributed by atoms with E-state index < -0.39 is 11.8 Å². The van der Waals surface area contributed by atoms with Gasteiger partial charge in [0, 0.05) is 5.39 Å². The minimum absolute atomic E-state index is 0.0497. The van der Waals surface area contributed by atoms with Crippen molar-refractivity contribution in [2.75, 3.05) is 13.2 Å². The summed E-state index contributed by atoms with van der Waals surface area (Å²) in [5.41, 5.74) is 5.86. The molecule has 2 amide bonds. The van der Waals surface area contributed by atoms with Crippen LogP contribution >= 0.6 is 12.2 Å². The first-order valence-corrected chi connectivity index (χ1v) is 9.61. The zero-order valence-electron chi connectivity index (χ0n) is 16.3. The Balaban J connectivity index is 1.38. The quantitative estimate of drug-likeness (QED) is 0.417. The summed E-state index contributed by atoms with van der Waals surface area (Å²) in [6, 6.07) is 20.7. The SMILES string of the molecule is Cc1cccc(OCC(=O)NC(=S)NNC(=O)COc2cccc3ccccc23)c1. The van der Waals surface area contributed by atoms with Gasteiger partial charge in [-0.15, -0.1) is 0 Å². The minimum Gasteiger partial charge on any atom is -0.484 e. The Morgan fingerprint density at radius 3 is 2.43 bits per heavy atom. The third-order valence-corrected chi connectivity index (χ3v) is 4.24. The van der Waals surface area contributed by atoms with E-state index in [1.165, 1.54) is 0 Å². The monoisotopic (exact) mass is 423 g/mol. The van der Waals surface area contributed by atoms with E-state index in [0.29, 0.717) is 11.5 Å². The lowest BCUT2D eigenvalue weighted by atomic mass is 10.1. The van der Waals surface area contributed by atoms with Crippen molar-refractivity contribution in [2.24, 2.45) is 0 Å². The van der Waals surface area contributed by atoms with E-state index in [0.717, 1.165) is 16.3 Å². The van der Waals surface area contributed by atoms with Crippen LogP contribution in [0, 0.1) is 6.92 Å². The summed E-state index contributed by atoms with van der Waals surface area (Å²) < 4.78 is 11.0. The van der Waals surface area contributed by atoms with Crippen LogP contribution in [0.25, 0.3) is 10.8 Å². The highest BCUT2D eigenvalue weighted by atomic mass is 32.1. The van der Waals surface area contributed by atoms with Gasteiger partial charge in [0.1, 0.15) is 11.5 Å². The van der Waals surface area contributed by atoms with Crippen LogP contribution in [-0.2, 0) is 9.59 Å². The van der Waals surface area contributed by atoms with Crippen molar-refractivity contribution in [3.8, 4) is 11.5 Å². The summed E-state index contributed by atoms with van der Waals surface area (Å²) in [4.78, 5) is 23.9.